The third-order valence-electron chi connectivity index (χ3n) is 2.84. The topological polar surface area (TPSA) is 42.2 Å². The van der Waals surface area contributed by atoms with Crippen LogP contribution in [0.4, 0.5) is 5.13 Å². The molecular weight excluding hydrogens is 218 g/mol. The third kappa shape index (κ3) is 3.19. The molecule has 0 radical (unpaired) electrons. The van der Waals surface area contributed by atoms with Gasteiger partial charge in [0.25, 0.3) is 0 Å². The van der Waals surface area contributed by atoms with Crippen LogP contribution in [0.2, 0.25) is 0 Å². The minimum Gasteiger partial charge on any atom is -0.348 e. The van der Waals surface area contributed by atoms with Gasteiger partial charge in [0.15, 0.2) is 5.13 Å². The summed E-state index contributed by atoms with van der Waals surface area (Å²) in [6.45, 7) is 9.38. The van der Waals surface area contributed by atoms with E-state index >= 15 is 0 Å². The van der Waals surface area contributed by atoms with Gasteiger partial charge in [-0.1, -0.05) is 13.8 Å². The van der Waals surface area contributed by atoms with Crippen LogP contribution in [0.5, 0.6) is 0 Å². The second-order valence-electron chi connectivity index (χ2n) is 4.80. The SMILES string of the molecule is Cc1nc(N(C)C(C)CC(C)C)sc1CN. The molecule has 1 aromatic heterocycles. The minimum atomic E-state index is 0.524. The maximum Gasteiger partial charge on any atom is 0.185 e. The van der Waals surface area contributed by atoms with Crippen molar-refractivity contribution < 1.29 is 0 Å². The zero-order valence-electron chi connectivity index (χ0n) is 10.9. The molecule has 1 atom stereocenters. The number of anilines is 1. The van der Waals surface area contributed by atoms with E-state index in [0.29, 0.717) is 18.5 Å². The first kappa shape index (κ1) is 13.5. The average molecular weight is 241 g/mol. The van der Waals surface area contributed by atoms with Crippen LogP contribution in [-0.4, -0.2) is 18.1 Å². The summed E-state index contributed by atoms with van der Waals surface area (Å²) < 4.78 is 0. The largest absolute Gasteiger partial charge is 0.348 e. The summed E-state index contributed by atoms with van der Waals surface area (Å²) in [5.74, 6) is 0.715. The molecule has 0 saturated heterocycles. The highest BCUT2D eigenvalue weighted by Gasteiger charge is 2.16. The van der Waals surface area contributed by atoms with Gasteiger partial charge in [0.05, 0.1) is 5.69 Å². The molecule has 0 aromatic carbocycles. The van der Waals surface area contributed by atoms with Crippen LogP contribution in [0.25, 0.3) is 0 Å². The van der Waals surface area contributed by atoms with Crippen molar-refractivity contribution in [2.45, 2.75) is 46.7 Å². The Kier molecular flexibility index (Phi) is 4.74. The van der Waals surface area contributed by atoms with Crippen molar-refractivity contribution in [2.75, 3.05) is 11.9 Å². The van der Waals surface area contributed by atoms with E-state index in [1.807, 2.05) is 6.92 Å². The van der Waals surface area contributed by atoms with Crippen LogP contribution in [-0.2, 0) is 6.54 Å². The standard InChI is InChI=1S/C12H23N3S/c1-8(2)6-9(3)15(5)12-14-10(4)11(7-13)16-12/h8-9H,6-7,13H2,1-5H3. The number of hydrogen-bond acceptors (Lipinski definition) is 4. The fourth-order valence-corrected chi connectivity index (χ4v) is 2.79. The van der Waals surface area contributed by atoms with E-state index in [1.165, 1.54) is 11.3 Å². The van der Waals surface area contributed by atoms with E-state index in [9.17, 15) is 0 Å². The van der Waals surface area contributed by atoms with E-state index < -0.39 is 0 Å². The predicted octanol–water partition coefficient (Wildman–Crippen LogP) is 2.78. The van der Waals surface area contributed by atoms with Crippen LogP contribution in [0.15, 0.2) is 0 Å². The molecule has 0 bridgehead atoms. The molecule has 16 heavy (non-hydrogen) atoms. The van der Waals surface area contributed by atoms with E-state index in [-0.39, 0.29) is 0 Å². The number of aromatic nitrogens is 1. The van der Waals surface area contributed by atoms with Gasteiger partial charge in [0.1, 0.15) is 0 Å². The van der Waals surface area contributed by atoms with E-state index in [1.54, 1.807) is 11.3 Å². The molecule has 92 valence electrons. The normalized spacial score (nSPS) is 13.2. The van der Waals surface area contributed by atoms with Crippen LogP contribution in [0.1, 0.15) is 37.8 Å². The number of thiazole rings is 1. The van der Waals surface area contributed by atoms with Crippen molar-refractivity contribution in [3.05, 3.63) is 10.6 Å². The molecule has 0 aliphatic carbocycles. The van der Waals surface area contributed by atoms with Gasteiger partial charge in [-0.3, -0.25) is 0 Å². The van der Waals surface area contributed by atoms with Gasteiger partial charge >= 0.3 is 0 Å². The van der Waals surface area contributed by atoms with Crippen molar-refractivity contribution in [3.63, 3.8) is 0 Å². The Labute approximate surface area is 103 Å². The lowest BCUT2D eigenvalue weighted by Crippen LogP contribution is -2.29. The third-order valence-corrected chi connectivity index (χ3v) is 4.11. The molecule has 1 heterocycles. The zero-order valence-corrected chi connectivity index (χ0v) is 11.8. The first-order valence-corrected chi connectivity index (χ1v) is 6.66. The summed E-state index contributed by atoms with van der Waals surface area (Å²) in [4.78, 5) is 8.03. The molecule has 0 fully saturated rings. The molecule has 0 aliphatic heterocycles. The van der Waals surface area contributed by atoms with Gasteiger partial charge in [-0.25, -0.2) is 4.98 Å². The van der Waals surface area contributed by atoms with Gasteiger partial charge in [0.2, 0.25) is 0 Å². The number of rotatable bonds is 5. The second kappa shape index (κ2) is 5.64. The Morgan fingerprint density at radius 3 is 2.44 bits per heavy atom. The second-order valence-corrected chi connectivity index (χ2v) is 5.86. The fourth-order valence-electron chi connectivity index (χ4n) is 1.78. The fraction of sp³-hybridized carbons (Fsp3) is 0.750. The Hall–Kier alpha value is -0.610. The van der Waals surface area contributed by atoms with E-state index in [4.69, 9.17) is 5.73 Å². The van der Waals surface area contributed by atoms with Crippen LogP contribution in [0.3, 0.4) is 0 Å². The number of nitrogens with two attached hydrogens (primary N) is 1. The summed E-state index contributed by atoms with van der Waals surface area (Å²) in [5.41, 5.74) is 6.75. The van der Waals surface area contributed by atoms with Crippen molar-refractivity contribution in [1.29, 1.82) is 0 Å². The Balaban J connectivity index is 2.75. The maximum absolute atomic E-state index is 5.67. The maximum atomic E-state index is 5.67. The average Bonchev–Trinajstić information content (AvgIpc) is 2.57. The van der Waals surface area contributed by atoms with Gasteiger partial charge in [-0.15, -0.1) is 11.3 Å². The number of aryl methyl sites for hydroxylation is 1. The van der Waals surface area contributed by atoms with E-state index in [2.05, 4.69) is 37.7 Å². The van der Waals surface area contributed by atoms with Crippen molar-refractivity contribution in [3.8, 4) is 0 Å². The quantitative estimate of drug-likeness (QED) is 0.862. The molecule has 1 unspecified atom stereocenters. The van der Waals surface area contributed by atoms with Crippen LogP contribution >= 0.6 is 11.3 Å². The highest BCUT2D eigenvalue weighted by Crippen LogP contribution is 2.27. The van der Waals surface area contributed by atoms with Crippen LogP contribution in [0, 0.1) is 12.8 Å². The molecule has 0 spiro atoms. The molecular formula is C12H23N3S. The van der Waals surface area contributed by atoms with Gasteiger partial charge < -0.3 is 10.6 Å². The lowest BCUT2D eigenvalue weighted by molar-refractivity contribution is 0.503. The minimum absolute atomic E-state index is 0.524. The monoisotopic (exact) mass is 241 g/mol. The summed E-state index contributed by atoms with van der Waals surface area (Å²) >= 11 is 1.71. The molecule has 0 saturated carbocycles. The van der Waals surface area contributed by atoms with Gasteiger partial charge in [-0.05, 0) is 26.2 Å². The molecule has 1 rings (SSSR count). The molecule has 4 heteroatoms. The summed E-state index contributed by atoms with van der Waals surface area (Å²) in [5, 5.41) is 1.09. The Morgan fingerprint density at radius 2 is 2.00 bits per heavy atom. The summed E-state index contributed by atoms with van der Waals surface area (Å²) in [6.07, 6.45) is 1.19. The number of hydrogen-bond donors (Lipinski definition) is 1. The van der Waals surface area contributed by atoms with E-state index in [0.717, 1.165) is 10.8 Å². The van der Waals surface area contributed by atoms with Crippen LogP contribution < -0.4 is 10.6 Å². The van der Waals surface area contributed by atoms with Crippen molar-refractivity contribution in [2.24, 2.45) is 11.7 Å². The zero-order chi connectivity index (χ0) is 12.3. The van der Waals surface area contributed by atoms with Gasteiger partial charge in [0, 0.05) is 24.5 Å². The van der Waals surface area contributed by atoms with Crippen molar-refractivity contribution in [1.82, 2.24) is 4.98 Å². The Morgan fingerprint density at radius 1 is 1.38 bits per heavy atom. The first-order chi connectivity index (χ1) is 7.45. The molecule has 2 N–H and O–H groups in total. The Bertz CT molecular complexity index is 333. The lowest BCUT2D eigenvalue weighted by atomic mass is 10.0. The molecule has 1 aromatic rings. The van der Waals surface area contributed by atoms with Crippen molar-refractivity contribution >= 4 is 16.5 Å². The molecule has 0 amide bonds. The highest BCUT2D eigenvalue weighted by atomic mass is 32.1. The first-order valence-electron chi connectivity index (χ1n) is 5.84. The summed E-state index contributed by atoms with van der Waals surface area (Å²) in [6, 6.07) is 0.524. The molecule has 3 nitrogen and oxygen atoms in total. The van der Waals surface area contributed by atoms with Gasteiger partial charge in [-0.2, -0.15) is 0 Å². The smallest absolute Gasteiger partial charge is 0.185 e. The summed E-state index contributed by atoms with van der Waals surface area (Å²) in [7, 11) is 2.12. The molecule has 0 aliphatic rings. The highest BCUT2D eigenvalue weighted by molar-refractivity contribution is 7.15. The number of nitrogens with zero attached hydrogens (tertiary/aromatic N) is 2. The predicted molar refractivity (Wildman–Crippen MR) is 72.1 cm³/mol. The lowest BCUT2D eigenvalue weighted by Gasteiger charge is -2.25.